The minimum atomic E-state index is -1.85. The fourth-order valence-corrected chi connectivity index (χ4v) is 11.6. The van der Waals surface area contributed by atoms with E-state index in [1.54, 1.807) is 0 Å². The molecule has 0 amide bonds. The van der Waals surface area contributed by atoms with Gasteiger partial charge in [-0.25, -0.2) is 23.4 Å². The van der Waals surface area contributed by atoms with Crippen molar-refractivity contribution in [3.8, 4) is 0 Å². The lowest BCUT2D eigenvalue weighted by Gasteiger charge is -2.40. The van der Waals surface area contributed by atoms with E-state index in [4.69, 9.17) is 38.3 Å². The van der Waals surface area contributed by atoms with Gasteiger partial charge < -0.3 is 130 Å². The van der Waals surface area contributed by atoms with Crippen LogP contribution < -0.4 is 0 Å². The van der Waals surface area contributed by atoms with Gasteiger partial charge in [-0.1, -0.05) is 26.1 Å². The van der Waals surface area contributed by atoms with Crippen LogP contribution in [-0.4, -0.2) is 338 Å². The molecular weight excluding hydrogens is 1200 g/mol. The van der Waals surface area contributed by atoms with Crippen molar-refractivity contribution in [3.05, 3.63) is 59.5 Å². The quantitative estimate of drug-likeness (QED) is 0.0387. The Morgan fingerprint density at radius 2 is 0.551 bits per heavy atom. The van der Waals surface area contributed by atoms with Crippen LogP contribution in [0.25, 0.3) is 0 Å². The third kappa shape index (κ3) is 13.0. The van der Waals surface area contributed by atoms with Gasteiger partial charge in [-0.3, -0.25) is 0 Å². The molecule has 0 saturated carbocycles. The zero-order chi connectivity index (χ0) is 63.6. The highest BCUT2D eigenvalue weighted by Crippen LogP contribution is 2.38. The van der Waals surface area contributed by atoms with Crippen molar-refractivity contribution in [2.24, 2.45) is 0 Å². The molecule has 6 aliphatic rings. The average molecular weight is 1270 g/mol. The molecule has 5 aromatic heterocycles. The Hall–Kier alpha value is -5.34. The summed E-state index contributed by atoms with van der Waals surface area (Å²) in [7, 11) is 0. The van der Waals surface area contributed by atoms with Crippen LogP contribution in [0.3, 0.4) is 0 Å². The van der Waals surface area contributed by atoms with E-state index in [0.717, 1.165) is 18.7 Å². The smallest absolute Gasteiger partial charge is 0.186 e. The van der Waals surface area contributed by atoms with Crippen molar-refractivity contribution in [3.63, 3.8) is 0 Å². The maximum absolute atomic E-state index is 11.1. The van der Waals surface area contributed by atoms with Gasteiger partial charge in [-0.2, -0.15) is 0 Å². The Morgan fingerprint density at radius 1 is 0.315 bits per heavy atom. The monoisotopic (exact) mass is 1270 g/mol. The summed E-state index contributed by atoms with van der Waals surface area (Å²) in [6, 6.07) is 0. The molecule has 0 radical (unpaired) electrons. The fraction of sp³-hybridized carbons (Fsp3) is 0.792. The third-order valence-corrected chi connectivity index (χ3v) is 16.8. The molecule has 41 heteroatoms. The maximum atomic E-state index is 11.1. The highest BCUT2D eigenvalue weighted by molar-refractivity contribution is 5.13. The Kier molecular flexibility index (Phi) is 19.6. The molecule has 0 aromatic carbocycles. The van der Waals surface area contributed by atoms with E-state index < -0.39 is 190 Å². The molecule has 41 nitrogen and oxygen atoms in total. The number of ether oxygens (including phenoxy) is 7. The molecule has 0 bridgehead atoms. The van der Waals surface area contributed by atoms with Crippen LogP contribution in [0, 0.1) is 0 Å². The molecule has 19 N–H and O–H groups in total. The molecule has 5 aromatic rings. The minimum absolute atomic E-state index is 0.0450. The van der Waals surface area contributed by atoms with Gasteiger partial charge in [-0.05, 0) is 6.92 Å². The first-order valence-electron chi connectivity index (χ1n) is 28.3. The van der Waals surface area contributed by atoms with Gasteiger partial charge in [0.1, 0.15) is 199 Å². The Morgan fingerprint density at radius 3 is 0.820 bits per heavy atom. The van der Waals surface area contributed by atoms with Crippen LogP contribution in [0.15, 0.2) is 31.0 Å². The van der Waals surface area contributed by atoms with Crippen LogP contribution in [0.4, 0.5) is 0 Å². The summed E-state index contributed by atoms with van der Waals surface area (Å²) < 4.78 is 46.4. The lowest BCUT2D eigenvalue weighted by Crippen LogP contribution is -2.59. The predicted octanol–water partition coefficient (Wildman–Crippen LogP) is -13.1. The molecule has 89 heavy (non-hydrogen) atoms. The van der Waals surface area contributed by atoms with Gasteiger partial charge in [0.05, 0.1) is 83.0 Å². The van der Waals surface area contributed by atoms with Gasteiger partial charge in [0.25, 0.3) is 0 Å². The van der Waals surface area contributed by atoms with Crippen LogP contribution in [-0.2, 0) is 65.9 Å². The highest BCUT2D eigenvalue weighted by atomic mass is 16.7. The number of hydrogen-bond acceptors (Lipinski definition) is 36. The summed E-state index contributed by atoms with van der Waals surface area (Å²) in [5.74, 6) is 0. The molecule has 6 saturated heterocycles. The number of nitrogens with zero attached hydrogens (tertiary/aromatic N) is 15. The Balaban J connectivity index is 0.705. The van der Waals surface area contributed by atoms with Crippen molar-refractivity contribution >= 4 is 0 Å². The lowest BCUT2D eigenvalue weighted by atomic mass is 9.93. The summed E-state index contributed by atoms with van der Waals surface area (Å²) in [6.07, 6.45) is -39.9. The zero-order valence-electron chi connectivity index (χ0n) is 46.7. The third-order valence-electron chi connectivity index (χ3n) is 16.8. The van der Waals surface area contributed by atoms with Gasteiger partial charge in [0, 0.05) is 0 Å². The molecule has 6 aliphatic heterocycles. The minimum Gasteiger partial charge on any atom is -0.394 e. The molecule has 11 rings (SSSR count). The molecule has 30 atom stereocenters. The number of hydrogen-bond donors (Lipinski definition) is 19. The second kappa shape index (κ2) is 26.7. The van der Waals surface area contributed by atoms with E-state index in [1.807, 2.05) is 0 Å². The van der Waals surface area contributed by atoms with Crippen LogP contribution in [0.2, 0.25) is 0 Å². The summed E-state index contributed by atoms with van der Waals surface area (Å²) in [5.41, 5.74) is -0.195. The molecule has 0 spiro atoms. The van der Waals surface area contributed by atoms with E-state index >= 15 is 0 Å². The van der Waals surface area contributed by atoms with Crippen LogP contribution in [0.1, 0.15) is 65.9 Å². The van der Waals surface area contributed by atoms with E-state index in [2.05, 4.69) is 51.6 Å². The molecule has 0 unspecified atom stereocenters. The summed E-state index contributed by atoms with van der Waals surface area (Å²) in [4.78, 5) is 0. The van der Waals surface area contributed by atoms with Crippen molar-refractivity contribution in [2.75, 3.05) is 13.2 Å². The van der Waals surface area contributed by atoms with Crippen molar-refractivity contribution in [2.45, 2.75) is 223 Å². The first-order valence-corrected chi connectivity index (χ1v) is 28.3. The maximum Gasteiger partial charge on any atom is 0.186 e. The zero-order valence-corrected chi connectivity index (χ0v) is 46.7. The number of aliphatic hydroxyl groups is 19. The largest absolute Gasteiger partial charge is 0.394 e. The first kappa shape index (κ1) is 65.2. The average Bonchev–Trinajstić information content (AvgIpc) is 2.00. The molecule has 11 heterocycles. The summed E-state index contributed by atoms with van der Waals surface area (Å²) >= 11 is 0. The first-order chi connectivity index (χ1) is 42.4. The van der Waals surface area contributed by atoms with Gasteiger partial charge in [0.15, 0.2) is 6.29 Å². The summed E-state index contributed by atoms with van der Waals surface area (Å²) in [6.45, 7) is -0.765. The van der Waals surface area contributed by atoms with E-state index in [0.29, 0.717) is 0 Å². The molecule has 6 fully saturated rings. The van der Waals surface area contributed by atoms with Crippen molar-refractivity contribution in [1.29, 1.82) is 0 Å². The SMILES string of the molecule is C[C@H]1O[C@H](c2cn(C[C@H]3O[C@H](c4cn(C[C@H]5O[C@H](c6cn(C[C@H]7O[C@H](c8cn(C[C@H]9O[C@H](c%10cn(C[C@H]%11O[C@H](OCCO)[C@@H](O)[C@@H](O)[C@@H]%11O)nn%10)[C@@H](O)[C@@H](O)[C@@H]9O)nn8)[C@@H](O)[C@@H](O)[C@@H]7O)nn6)[C@@H](O)[C@@H](O)[C@@H]5O)nn4)[C@@H](O)[C@@H](O)[C@@H]3O)nn2)[C@@H](O)[C@@H](O)[C@@H]1O. The fourth-order valence-electron chi connectivity index (χ4n) is 11.6. The van der Waals surface area contributed by atoms with Crippen LogP contribution >= 0.6 is 0 Å². The topological polar surface area (TPSA) is 603 Å². The van der Waals surface area contributed by atoms with E-state index in [-0.39, 0.29) is 67.8 Å². The number of rotatable bonds is 18. The normalized spacial score (nSPS) is 43.1. The molecule has 494 valence electrons. The lowest BCUT2D eigenvalue weighted by molar-refractivity contribution is -0.300. The summed E-state index contributed by atoms with van der Waals surface area (Å²) in [5, 5.41) is 244. The van der Waals surface area contributed by atoms with Gasteiger partial charge in [0.2, 0.25) is 0 Å². The van der Waals surface area contributed by atoms with Crippen molar-refractivity contribution < 1.29 is 130 Å². The van der Waals surface area contributed by atoms with E-state index in [9.17, 15) is 91.9 Å². The van der Waals surface area contributed by atoms with Gasteiger partial charge in [-0.15, -0.1) is 25.5 Å². The second-order valence-electron chi connectivity index (χ2n) is 22.9. The van der Waals surface area contributed by atoms with Crippen LogP contribution in [0.5, 0.6) is 0 Å². The standard InChI is InChI=1S/C48H71N15O26/c1-14-25(65)31(71)37(77)43(84-14)15-4-59(54-49-15)9-20-26(66)32(72)38(78)44(85-20)16-5-60(55-50-16)10-21-27(67)33(73)39(79)45(86-21)17-6-61(56-51-17)11-22-28(68)34(74)40(80)46(87-22)18-7-62(57-52-18)12-23-29(69)35(75)41(81)47(88-23)19-8-63(58-53-19)13-24-30(70)36(76)42(82)48(89-24)83-3-2-64/h4-8,14,20-48,64-82H,2-3,9-13H2,1H3/t14-,20-,21-,22-,23-,24-,25-,26-,27-,28-,29-,30-,31+,32+,33+,34+,35+,36+,37+,38+,39+,40+,41+,42+,43-,44-,45-,46-,47-,48+/m1/s1. The Labute approximate surface area is 499 Å². The molecule has 0 aliphatic carbocycles. The second-order valence-corrected chi connectivity index (χ2v) is 22.9. The highest BCUT2D eigenvalue weighted by Gasteiger charge is 2.52. The van der Waals surface area contributed by atoms with E-state index in [1.165, 1.54) is 42.6 Å². The number of aliphatic hydroxyl groups excluding tert-OH is 19. The molecular formula is C48H71N15O26. The van der Waals surface area contributed by atoms with Crippen molar-refractivity contribution in [1.82, 2.24) is 75.0 Å². The number of aromatic nitrogens is 15. The predicted molar refractivity (Wildman–Crippen MR) is 274 cm³/mol. The Bertz CT molecular complexity index is 3110. The van der Waals surface area contributed by atoms with Gasteiger partial charge >= 0.3 is 0 Å².